The first kappa shape index (κ1) is 20.1. The highest BCUT2D eigenvalue weighted by Gasteiger charge is 2.23. The van der Waals surface area contributed by atoms with E-state index < -0.39 is 24.3 Å². The number of rotatable bonds is 10. The van der Waals surface area contributed by atoms with Crippen LogP contribution in [-0.4, -0.2) is 48.3 Å². The monoisotopic (exact) mass is 363 g/mol. The van der Waals surface area contributed by atoms with Gasteiger partial charge in [0.2, 0.25) is 0 Å². The van der Waals surface area contributed by atoms with Crippen molar-refractivity contribution in [1.29, 1.82) is 0 Å². The number of nitrogens with one attached hydrogen (secondary N) is 1. The molecule has 1 aromatic carbocycles. The second-order valence-electron chi connectivity index (χ2n) is 6.28. The molecular weight excluding hydrogens is 338 g/mol. The molecule has 1 saturated heterocycles. The first-order valence-electron chi connectivity index (χ1n) is 8.88. The number of carboxylic acids is 1. The molecule has 1 amide bonds. The molecule has 0 spiro atoms. The van der Waals surface area contributed by atoms with E-state index in [4.69, 9.17) is 14.6 Å². The van der Waals surface area contributed by atoms with Crippen LogP contribution in [0.25, 0.3) is 0 Å². The van der Waals surface area contributed by atoms with Crippen molar-refractivity contribution in [3.8, 4) is 0 Å². The molecule has 2 unspecified atom stereocenters. The van der Waals surface area contributed by atoms with Crippen LogP contribution in [0.15, 0.2) is 30.3 Å². The van der Waals surface area contributed by atoms with Gasteiger partial charge in [0.15, 0.2) is 6.29 Å². The van der Waals surface area contributed by atoms with Crippen LogP contribution in [0.1, 0.15) is 48.9 Å². The van der Waals surface area contributed by atoms with Gasteiger partial charge in [-0.15, -0.1) is 0 Å². The molecule has 1 fully saturated rings. The summed E-state index contributed by atoms with van der Waals surface area (Å²) < 4.78 is 11.4. The zero-order chi connectivity index (χ0) is 18.8. The van der Waals surface area contributed by atoms with Gasteiger partial charge in [-0.25, -0.2) is 0 Å². The van der Waals surface area contributed by atoms with Crippen LogP contribution < -0.4 is 5.32 Å². The van der Waals surface area contributed by atoms with Gasteiger partial charge in [0.1, 0.15) is 12.2 Å². The third-order valence-corrected chi connectivity index (χ3v) is 4.07. The number of carbonyl (C=O) groups is 3. The average molecular weight is 363 g/mol. The lowest BCUT2D eigenvalue weighted by Crippen LogP contribution is -2.33. The number of aliphatic carboxylic acids is 1. The number of Topliss-reactive ketones (excluding diaryl/α,β-unsaturated/α-hetero) is 1. The summed E-state index contributed by atoms with van der Waals surface area (Å²) in [4.78, 5) is 34.6. The first-order chi connectivity index (χ1) is 12.5. The van der Waals surface area contributed by atoms with E-state index in [2.05, 4.69) is 5.32 Å². The quantitative estimate of drug-likeness (QED) is 0.618. The minimum atomic E-state index is -1.15. The maximum Gasteiger partial charge on any atom is 0.310 e. The van der Waals surface area contributed by atoms with Crippen LogP contribution in [0, 0.1) is 0 Å². The van der Waals surface area contributed by atoms with Crippen molar-refractivity contribution < 1.29 is 29.0 Å². The van der Waals surface area contributed by atoms with Crippen LogP contribution in [0.2, 0.25) is 0 Å². The number of benzene rings is 1. The molecule has 0 bridgehead atoms. The predicted molar refractivity (Wildman–Crippen MR) is 93.7 cm³/mol. The highest BCUT2D eigenvalue weighted by atomic mass is 16.7. The molecular formula is C19H25NO6. The zero-order valence-electron chi connectivity index (χ0n) is 14.7. The summed E-state index contributed by atoms with van der Waals surface area (Å²) in [5.74, 6) is -1.75. The Morgan fingerprint density at radius 3 is 2.65 bits per heavy atom. The molecule has 2 N–H and O–H groups in total. The van der Waals surface area contributed by atoms with Crippen LogP contribution in [-0.2, 0) is 19.1 Å². The number of hydrogen-bond acceptors (Lipinski definition) is 5. The van der Waals surface area contributed by atoms with Crippen LogP contribution in [0.5, 0.6) is 0 Å². The Labute approximate surface area is 152 Å². The van der Waals surface area contributed by atoms with E-state index >= 15 is 0 Å². The topological polar surface area (TPSA) is 102 Å². The number of hydrogen-bond donors (Lipinski definition) is 2. The summed E-state index contributed by atoms with van der Waals surface area (Å²) in [7, 11) is 0. The van der Waals surface area contributed by atoms with Gasteiger partial charge < -0.3 is 19.9 Å². The fraction of sp³-hybridized carbons (Fsp3) is 0.526. The van der Waals surface area contributed by atoms with Crippen molar-refractivity contribution in [3.05, 3.63) is 35.9 Å². The van der Waals surface area contributed by atoms with E-state index in [1.807, 2.05) is 6.07 Å². The lowest BCUT2D eigenvalue weighted by atomic mass is 10.1. The van der Waals surface area contributed by atoms with E-state index in [-0.39, 0.29) is 18.6 Å². The van der Waals surface area contributed by atoms with Crippen molar-refractivity contribution >= 4 is 17.7 Å². The van der Waals surface area contributed by atoms with Gasteiger partial charge in [0.05, 0.1) is 6.10 Å². The van der Waals surface area contributed by atoms with Crippen LogP contribution in [0.4, 0.5) is 0 Å². The van der Waals surface area contributed by atoms with Crippen molar-refractivity contribution in [3.63, 3.8) is 0 Å². The van der Waals surface area contributed by atoms with E-state index in [9.17, 15) is 14.4 Å². The van der Waals surface area contributed by atoms with E-state index in [1.54, 1.807) is 24.3 Å². The van der Waals surface area contributed by atoms with E-state index in [0.29, 0.717) is 25.1 Å². The van der Waals surface area contributed by atoms with Crippen molar-refractivity contribution in [2.24, 2.45) is 0 Å². The Balaban J connectivity index is 1.84. The largest absolute Gasteiger partial charge is 0.481 e. The molecule has 2 atom stereocenters. The Bertz CT molecular complexity index is 597. The standard InChI is InChI=1S/C19H25NO6/c21-15(13-17(22)23)12-16(26-18-8-4-5-11-25-18)9-10-20-19(24)14-6-2-1-3-7-14/h1-3,6-7,16,18H,4-5,8-13H2,(H,20,24)(H,22,23). The molecule has 1 aliphatic rings. The summed E-state index contributed by atoms with van der Waals surface area (Å²) in [5, 5.41) is 11.5. The summed E-state index contributed by atoms with van der Waals surface area (Å²) >= 11 is 0. The molecule has 0 aliphatic carbocycles. The highest BCUT2D eigenvalue weighted by molar-refractivity contribution is 5.95. The van der Waals surface area contributed by atoms with Gasteiger partial charge in [-0.2, -0.15) is 0 Å². The molecule has 1 heterocycles. The second kappa shape index (κ2) is 10.7. The Morgan fingerprint density at radius 2 is 2.00 bits per heavy atom. The van der Waals surface area contributed by atoms with Crippen LogP contribution in [0.3, 0.4) is 0 Å². The summed E-state index contributed by atoms with van der Waals surface area (Å²) in [6.45, 7) is 0.941. The van der Waals surface area contributed by atoms with Crippen molar-refractivity contribution in [2.45, 2.75) is 50.9 Å². The SMILES string of the molecule is O=C(O)CC(=O)CC(CCNC(=O)c1ccccc1)OC1CCCCO1. The zero-order valence-corrected chi connectivity index (χ0v) is 14.7. The number of amides is 1. The highest BCUT2D eigenvalue weighted by Crippen LogP contribution is 2.18. The van der Waals surface area contributed by atoms with Crippen molar-refractivity contribution in [1.82, 2.24) is 5.32 Å². The lowest BCUT2D eigenvalue weighted by molar-refractivity contribution is -0.190. The molecule has 7 nitrogen and oxygen atoms in total. The summed E-state index contributed by atoms with van der Waals surface area (Å²) in [6, 6.07) is 8.83. The normalized spacial score (nSPS) is 18.1. The molecule has 26 heavy (non-hydrogen) atoms. The molecule has 1 aliphatic heterocycles. The second-order valence-corrected chi connectivity index (χ2v) is 6.28. The number of carbonyl (C=O) groups excluding carboxylic acids is 2. The van der Waals surface area contributed by atoms with Gasteiger partial charge in [-0.1, -0.05) is 18.2 Å². The fourth-order valence-electron chi connectivity index (χ4n) is 2.78. The molecule has 7 heteroatoms. The van der Waals surface area contributed by atoms with Gasteiger partial charge in [-0.3, -0.25) is 14.4 Å². The molecule has 2 rings (SSSR count). The van der Waals surface area contributed by atoms with Crippen molar-refractivity contribution in [2.75, 3.05) is 13.2 Å². The third-order valence-electron chi connectivity index (χ3n) is 4.07. The van der Waals surface area contributed by atoms with Gasteiger partial charge in [0, 0.05) is 25.1 Å². The maximum atomic E-state index is 12.1. The average Bonchev–Trinajstić information content (AvgIpc) is 2.62. The predicted octanol–water partition coefficient (Wildman–Crippen LogP) is 2.15. The Hall–Kier alpha value is -2.25. The number of ketones is 1. The first-order valence-corrected chi connectivity index (χ1v) is 8.88. The summed E-state index contributed by atoms with van der Waals surface area (Å²) in [6.07, 6.45) is 1.73. The van der Waals surface area contributed by atoms with Crippen LogP contribution >= 0.6 is 0 Å². The fourth-order valence-corrected chi connectivity index (χ4v) is 2.78. The van der Waals surface area contributed by atoms with E-state index in [1.165, 1.54) is 0 Å². The van der Waals surface area contributed by atoms with Gasteiger partial charge in [-0.05, 0) is 37.8 Å². The minimum absolute atomic E-state index is 0.00658. The van der Waals surface area contributed by atoms with Gasteiger partial charge >= 0.3 is 5.97 Å². The minimum Gasteiger partial charge on any atom is -0.481 e. The summed E-state index contributed by atoms with van der Waals surface area (Å²) in [5.41, 5.74) is 0.558. The lowest BCUT2D eigenvalue weighted by Gasteiger charge is -2.27. The smallest absolute Gasteiger partial charge is 0.310 e. The Morgan fingerprint density at radius 1 is 1.23 bits per heavy atom. The Kier molecular flexibility index (Phi) is 8.24. The molecule has 1 aromatic rings. The molecule has 0 radical (unpaired) electrons. The third kappa shape index (κ3) is 7.33. The molecule has 0 aromatic heterocycles. The van der Waals surface area contributed by atoms with E-state index in [0.717, 1.165) is 19.3 Å². The maximum absolute atomic E-state index is 12.1. The molecule has 142 valence electrons. The van der Waals surface area contributed by atoms with Gasteiger partial charge in [0.25, 0.3) is 5.91 Å². The number of carboxylic acid groups (broad SMARTS) is 1. The number of ether oxygens (including phenoxy) is 2. The molecule has 0 saturated carbocycles.